The third-order valence-corrected chi connectivity index (χ3v) is 15.0. The first-order valence-corrected chi connectivity index (χ1v) is 19.8. The lowest BCUT2D eigenvalue weighted by molar-refractivity contribution is -0.153. The zero-order valence-corrected chi connectivity index (χ0v) is 32.4. The minimum absolute atomic E-state index is 0. The van der Waals surface area contributed by atoms with Crippen LogP contribution in [0.25, 0.3) is 0 Å². The highest BCUT2D eigenvalue weighted by Crippen LogP contribution is 2.58. The van der Waals surface area contributed by atoms with Crippen LogP contribution in [0.5, 0.6) is 5.75 Å². The van der Waals surface area contributed by atoms with E-state index in [4.69, 9.17) is 9.47 Å². The number of fused-ring (bicyclic) bond motifs is 1. The Bertz CT molecular complexity index is 1940. The topological polar surface area (TPSA) is 84.9 Å². The maximum atomic E-state index is 14.3. The van der Waals surface area contributed by atoms with E-state index < -0.39 is 24.6 Å². The van der Waals surface area contributed by atoms with Crippen molar-refractivity contribution in [3.8, 4) is 5.75 Å². The van der Waals surface area contributed by atoms with E-state index >= 15 is 0 Å². The molecule has 52 heavy (non-hydrogen) atoms. The highest BCUT2D eigenvalue weighted by molar-refractivity contribution is 8.00. The normalized spacial score (nSPS) is 16.6. The monoisotopic (exact) mass is 840 g/mol. The molecular formula is C42H38IN2O5PS. The van der Waals surface area contributed by atoms with Gasteiger partial charge in [-0.15, -0.1) is 11.8 Å². The molecule has 0 bridgehead atoms. The average molecular weight is 841 g/mol. The second-order valence-corrected chi connectivity index (χ2v) is 17.1. The highest BCUT2D eigenvalue weighted by Gasteiger charge is 2.56. The summed E-state index contributed by atoms with van der Waals surface area (Å²) in [6.45, 7) is 0.0348. The molecule has 1 saturated heterocycles. The Morgan fingerprint density at radius 1 is 0.750 bits per heavy atom. The second-order valence-electron chi connectivity index (χ2n) is 12.5. The standard InChI is InChI=1S/C42H37N2O5PS.HI/c1-48-33-24-22-31(23-25-33)27-49-42(47)39-32(29-51-41-38(40(46)44(39)41)43-37(45)26-30-14-6-2-7-15-30)28-50(34-16-8-3-9-17-34,35-18-10-4-11-19-35)36-20-12-5-13-21-36;/h2-25,38,41H,26-29H2,1H3;1H/t38-,41+;/m1./s1. The van der Waals surface area contributed by atoms with Crippen molar-refractivity contribution in [3.63, 3.8) is 0 Å². The van der Waals surface area contributed by atoms with E-state index in [0.29, 0.717) is 17.7 Å². The first-order valence-electron chi connectivity index (χ1n) is 16.8. The predicted molar refractivity (Wildman–Crippen MR) is 205 cm³/mol. The molecule has 7 nitrogen and oxygen atoms in total. The molecule has 0 spiro atoms. The van der Waals surface area contributed by atoms with E-state index in [0.717, 1.165) is 16.7 Å². The summed E-state index contributed by atoms with van der Waals surface area (Å²) in [5.41, 5.74) is 2.79. The fraction of sp³-hybridized carbons (Fsp3) is 0.167. The van der Waals surface area contributed by atoms with Crippen LogP contribution in [0.4, 0.5) is 0 Å². The van der Waals surface area contributed by atoms with Crippen LogP contribution in [0.2, 0.25) is 0 Å². The molecule has 2 heterocycles. The first kappa shape index (κ1) is 37.3. The molecule has 2 aliphatic heterocycles. The summed E-state index contributed by atoms with van der Waals surface area (Å²) in [7, 11) is -0.802. The third-order valence-electron chi connectivity index (χ3n) is 9.31. The molecule has 2 aliphatic rings. The lowest BCUT2D eigenvalue weighted by Gasteiger charge is -2.50. The van der Waals surface area contributed by atoms with Gasteiger partial charge in [0.25, 0.3) is 5.91 Å². The molecule has 0 aromatic heterocycles. The molecule has 0 unspecified atom stereocenters. The van der Waals surface area contributed by atoms with Crippen LogP contribution in [0.3, 0.4) is 0 Å². The van der Waals surface area contributed by atoms with Crippen molar-refractivity contribution >= 4 is 52.7 Å². The van der Waals surface area contributed by atoms with Gasteiger partial charge in [-0.05, 0) is 59.7 Å². The van der Waals surface area contributed by atoms with E-state index in [2.05, 4.69) is 78.1 Å². The van der Waals surface area contributed by atoms with Crippen LogP contribution in [-0.2, 0) is 32.1 Å². The minimum atomic E-state index is -2.40. The van der Waals surface area contributed by atoms with Crippen molar-refractivity contribution in [2.45, 2.75) is 24.4 Å². The molecule has 5 aromatic carbocycles. The SMILES string of the molecule is COc1ccc(COC(=O)C2=C(C[P+](c3ccccc3)(c3ccccc3)c3ccccc3)CS[C@H]3[C@H](NC(=O)Cc4ccccc4)C(=O)N23)cc1.[I-]. The number of esters is 1. The number of thioether (sulfide) groups is 1. The largest absolute Gasteiger partial charge is 1.00 e. The Labute approximate surface area is 326 Å². The predicted octanol–water partition coefficient (Wildman–Crippen LogP) is 2.63. The number of ether oxygens (including phenoxy) is 2. The van der Waals surface area contributed by atoms with Crippen LogP contribution in [-0.4, -0.2) is 53.1 Å². The first-order chi connectivity index (χ1) is 25.0. The number of halogens is 1. The number of hydrogen-bond donors (Lipinski definition) is 1. The van der Waals surface area contributed by atoms with E-state index in [1.165, 1.54) is 15.9 Å². The van der Waals surface area contributed by atoms with Gasteiger partial charge in [0, 0.05) is 11.3 Å². The summed E-state index contributed by atoms with van der Waals surface area (Å²) in [6, 6.07) is 47.4. The van der Waals surface area contributed by atoms with Crippen molar-refractivity contribution in [2.75, 3.05) is 19.0 Å². The Kier molecular flexibility index (Phi) is 12.1. The van der Waals surface area contributed by atoms with Gasteiger partial charge in [-0.3, -0.25) is 14.5 Å². The van der Waals surface area contributed by atoms with Crippen molar-refractivity contribution in [3.05, 3.63) is 168 Å². The summed E-state index contributed by atoms with van der Waals surface area (Å²) >= 11 is 1.58. The minimum Gasteiger partial charge on any atom is -1.00 e. The zero-order chi connectivity index (χ0) is 35.2. The van der Waals surface area contributed by atoms with Crippen LogP contribution >= 0.6 is 19.0 Å². The van der Waals surface area contributed by atoms with Crippen molar-refractivity contribution in [1.82, 2.24) is 10.2 Å². The number of β-lactam (4-membered cyclic amide) rings is 1. The summed E-state index contributed by atoms with van der Waals surface area (Å²) in [5, 5.41) is 6.05. The molecule has 10 heteroatoms. The smallest absolute Gasteiger partial charge is 0.355 e. The van der Waals surface area contributed by atoms with Crippen LogP contribution in [0.1, 0.15) is 11.1 Å². The second kappa shape index (κ2) is 16.9. The quantitative estimate of drug-likeness (QED) is 0.0902. The number of hydrogen-bond acceptors (Lipinski definition) is 6. The van der Waals surface area contributed by atoms with Crippen LogP contribution < -0.4 is 49.9 Å². The number of nitrogens with one attached hydrogen (secondary N) is 1. The number of carbonyl (C=O) groups is 3. The van der Waals surface area contributed by atoms with E-state index in [-0.39, 0.29) is 54.5 Å². The number of rotatable bonds is 12. The Hall–Kier alpha value is -4.44. The third kappa shape index (κ3) is 7.68. The zero-order valence-electron chi connectivity index (χ0n) is 28.6. The molecule has 1 N–H and O–H groups in total. The molecule has 7 rings (SSSR count). The number of nitrogens with zero attached hydrogens (tertiary/aromatic N) is 1. The molecule has 1 fully saturated rings. The Morgan fingerprint density at radius 3 is 1.79 bits per heavy atom. The fourth-order valence-corrected chi connectivity index (χ4v) is 12.6. The molecule has 0 aliphatic carbocycles. The average Bonchev–Trinajstić information content (AvgIpc) is 3.19. The summed E-state index contributed by atoms with van der Waals surface area (Å²) < 4.78 is 11.3. The van der Waals surface area contributed by atoms with Gasteiger partial charge in [0.05, 0.1) is 19.7 Å². The fourth-order valence-electron chi connectivity index (χ4n) is 6.79. The van der Waals surface area contributed by atoms with Gasteiger partial charge in [0.1, 0.15) is 52.6 Å². The van der Waals surface area contributed by atoms with Gasteiger partial charge in [-0.25, -0.2) is 4.79 Å². The molecule has 264 valence electrons. The number of carbonyl (C=O) groups excluding carboxylic acids is 3. The Balaban J connectivity index is 0.00000464. The lowest BCUT2D eigenvalue weighted by Crippen LogP contribution is -3.00. The van der Waals surface area contributed by atoms with Crippen molar-refractivity contribution in [2.24, 2.45) is 0 Å². The summed E-state index contributed by atoms with van der Waals surface area (Å²) in [5.74, 6) is 0.101. The van der Waals surface area contributed by atoms with E-state index in [1.54, 1.807) is 23.8 Å². The number of amides is 2. The van der Waals surface area contributed by atoms with Gasteiger partial charge in [0.2, 0.25) is 5.91 Å². The van der Waals surface area contributed by atoms with Crippen molar-refractivity contribution in [1.29, 1.82) is 0 Å². The number of benzene rings is 5. The molecule has 2 atom stereocenters. The van der Waals surface area contributed by atoms with Gasteiger partial charge in [-0.2, -0.15) is 0 Å². The van der Waals surface area contributed by atoms with Gasteiger partial charge < -0.3 is 38.8 Å². The lowest BCUT2D eigenvalue weighted by atomic mass is 10.0. The molecule has 0 radical (unpaired) electrons. The summed E-state index contributed by atoms with van der Waals surface area (Å²) in [6.07, 6.45) is 0.699. The van der Waals surface area contributed by atoms with Gasteiger partial charge in [-0.1, -0.05) is 97.1 Å². The molecule has 0 saturated carbocycles. The van der Waals surface area contributed by atoms with Crippen LogP contribution in [0, 0.1) is 0 Å². The molecular weight excluding hydrogens is 802 g/mol. The van der Waals surface area contributed by atoms with Gasteiger partial charge >= 0.3 is 5.97 Å². The van der Waals surface area contributed by atoms with E-state index in [9.17, 15) is 14.4 Å². The van der Waals surface area contributed by atoms with Crippen LogP contribution in [0.15, 0.2) is 157 Å². The maximum absolute atomic E-state index is 14.3. The van der Waals surface area contributed by atoms with Crippen molar-refractivity contribution < 1.29 is 47.8 Å². The van der Waals surface area contributed by atoms with Gasteiger partial charge in [0.15, 0.2) is 0 Å². The Morgan fingerprint density at radius 2 is 1.27 bits per heavy atom. The highest BCUT2D eigenvalue weighted by atomic mass is 127. The number of methoxy groups -OCH3 is 1. The van der Waals surface area contributed by atoms with E-state index in [1.807, 2.05) is 72.8 Å². The maximum Gasteiger partial charge on any atom is 0.355 e. The molecule has 5 aromatic rings. The molecule has 2 amide bonds. The summed E-state index contributed by atoms with van der Waals surface area (Å²) in [4.78, 5) is 43.0.